The molecule has 162 valence electrons. The van der Waals surface area contributed by atoms with Crippen molar-refractivity contribution in [3.05, 3.63) is 107 Å². The topological polar surface area (TPSA) is 105 Å². The molecule has 0 bridgehead atoms. The molecular weight excluding hydrogens is 450 g/mol. The number of carbonyl (C=O) groups excluding carboxylic acids is 2. The number of benzene rings is 3. The Morgan fingerprint density at radius 3 is 1.24 bits per heavy atom. The maximum Gasteiger partial charge on any atom is 1.00 e. The van der Waals surface area contributed by atoms with Crippen LogP contribution in [0.2, 0.25) is 0 Å². The van der Waals surface area contributed by atoms with Crippen molar-refractivity contribution in [2.45, 2.75) is 24.9 Å². The normalized spacial score (nSPS) is 12.5. The van der Waals surface area contributed by atoms with Crippen LogP contribution in [0.4, 0.5) is 0 Å². The summed E-state index contributed by atoms with van der Waals surface area (Å²) >= 11 is 0. The van der Waals surface area contributed by atoms with E-state index in [1.165, 1.54) is 12.4 Å². The second kappa shape index (κ2) is 15.8. The molecule has 0 saturated carbocycles. The number of nitrogens with zero attached hydrogens (tertiary/aromatic N) is 2. The zero-order chi connectivity index (χ0) is 22.8. The van der Waals surface area contributed by atoms with Gasteiger partial charge in [0.25, 0.3) is 0 Å². The monoisotopic (exact) mass is 472 g/mol. The molecule has 34 heavy (non-hydrogen) atoms. The Morgan fingerprint density at radius 1 is 0.618 bits per heavy atom. The SMILES string of the molecule is O=C([O-])[C@@H](Cc1ccccc1)N=Cc1ccc(C=N[C@H](Cc2ccccc2)C(=O)[O-])cc1.[Na+].[Na+]. The first-order valence-corrected chi connectivity index (χ1v) is 10.2. The van der Waals surface area contributed by atoms with E-state index < -0.39 is 24.0 Å². The van der Waals surface area contributed by atoms with Gasteiger partial charge in [-0.05, 0) is 22.3 Å². The van der Waals surface area contributed by atoms with Gasteiger partial charge in [-0.1, -0.05) is 84.9 Å². The first-order valence-electron chi connectivity index (χ1n) is 10.2. The van der Waals surface area contributed by atoms with Crippen LogP contribution in [0.1, 0.15) is 22.3 Å². The minimum atomic E-state index is -1.24. The Morgan fingerprint density at radius 2 is 0.941 bits per heavy atom. The van der Waals surface area contributed by atoms with Crippen LogP contribution >= 0.6 is 0 Å². The zero-order valence-corrected chi connectivity index (χ0v) is 23.3. The number of aliphatic carboxylic acids is 2. The second-order valence-corrected chi connectivity index (χ2v) is 7.27. The van der Waals surface area contributed by atoms with Crippen LogP contribution in [0.25, 0.3) is 0 Å². The Labute approximate surface area is 243 Å². The van der Waals surface area contributed by atoms with Crippen LogP contribution in [0, 0.1) is 0 Å². The molecule has 8 heteroatoms. The number of hydrogen-bond acceptors (Lipinski definition) is 6. The predicted octanol–water partition coefficient (Wildman–Crippen LogP) is -4.75. The van der Waals surface area contributed by atoms with Crippen LogP contribution in [-0.2, 0) is 22.4 Å². The van der Waals surface area contributed by atoms with E-state index in [4.69, 9.17) is 0 Å². The van der Waals surface area contributed by atoms with Crippen LogP contribution in [0.15, 0.2) is 94.9 Å². The summed E-state index contributed by atoms with van der Waals surface area (Å²) in [7, 11) is 0. The largest absolute Gasteiger partial charge is 1.00 e. The number of hydrogen-bond donors (Lipinski definition) is 0. The van der Waals surface area contributed by atoms with E-state index >= 15 is 0 Å². The molecule has 0 aliphatic heterocycles. The summed E-state index contributed by atoms with van der Waals surface area (Å²) in [6, 6.07) is 23.5. The van der Waals surface area contributed by atoms with E-state index in [0.29, 0.717) is 11.1 Å². The molecular formula is C26H22N2Na2O4. The van der Waals surface area contributed by atoms with E-state index in [1.54, 1.807) is 24.3 Å². The molecule has 6 nitrogen and oxygen atoms in total. The minimum absolute atomic E-state index is 0. The summed E-state index contributed by atoms with van der Waals surface area (Å²) in [5.41, 5.74) is 3.15. The van der Waals surface area contributed by atoms with Crippen LogP contribution in [-0.4, -0.2) is 36.5 Å². The molecule has 2 atom stereocenters. The molecule has 0 spiro atoms. The molecule has 0 aliphatic rings. The zero-order valence-electron chi connectivity index (χ0n) is 19.3. The quantitative estimate of drug-likeness (QED) is 0.218. The second-order valence-electron chi connectivity index (χ2n) is 7.27. The number of carboxylic acid groups (broad SMARTS) is 2. The summed E-state index contributed by atoms with van der Waals surface area (Å²) < 4.78 is 0. The fourth-order valence-corrected chi connectivity index (χ4v) is 3.09. The molecule has 0 N–H and O–H groups in total. The molecule has 0 aliphatic carbocycles. The fraction of sp³-hybridized carbons (Fsp3) is 0.154. The van der Waals surface area contributed by atoms with Crippen LogP contribution < -0.4 is 69.3 Å². The number of carboxylic acids is 2. The summed E-state index contributed by atoms with van der Waals surface area (Å²) in [5, 5.41) is 22.8. The molecule has 0 unspecified atom stereocenters. The average molecular weight is 472 g/mol. The van der Waals surface area contributed by atoms with Crippen molar-refractivity contribution in [1.29, 1.82) is 0 Å². The molecule has 0 saturated heterocycles. The Kier molecular flexibility index (Phi) is 13.9. The Balaban J connectivity index is 0.00000289. The van der Waals surface area contributed by atoms with Crippen molar-refractivity contribution < 1.29 is 78.9 Å². The molecule has 0 fully saturated rings. The minimum Gasteiger partial charge on any atom is -0.548 e. The molecule has 3 aromatic rings. The predicted molar refractivity (Wildman–Crippen MR) is 120 cm³/mol. The van der Waals surface area contributed by atoms with Crippen molar-refractivity contribution in [2.75, 3.05) is 0 Å². The maximum absolute atomic E-state index is 11.4. The summed E-state index contributed by atoms with van der Waals surface area (Å²) in [6.07, 6.45) is 3.47. The Bertz CT molecular complexity index is 1000. The van der Waals surface area contributed by atoms with Gasteiger partial charge < -0.3 is 19.8 Å². The fourth-order valence-electron chi connectivity index (χ4n) is 3.09. The number of carbonyl (C=O) groups is 2. The molecule has 3 aromatic carbocycles. The van der Waals surface area contributed by atoms with Gasteiger partial charge in [-0.25, -0.2) is 0 Å². The van der Waals surface area contributed by atoms with Gasteiger partial charge in [0.1, 0.15) is 0 Å². The molecule has 0 aromatic heterocycles. The van der Waals surface area contributed by atoms with Crippen molar-refractivity contribution in [3.63, 3.8) is 0 Å². The maximum atomic E-state index is 11.4. The first-order chi connectivity index (χ1) is 15.5. The van der Waals surface area contributed by atoms with E-state index in [1.807, 2.05) is 60.7 Å². The summed E-state index contributed by atoms with van der Waals surface area (Å²) in [5.74, 6) is -2.47. The molecule has 0 radical (unpaired) electrons. The molecule has 0 amide bonds. The van der Waals surface area contributed by atoms with Gasteiger partial charge in [-0.2, -0.15) is 0 Å². The van der Waals surface area contributed by atoms with Gasteiger partial charge >= 0.3 is 59.1 Å². The van der Waals surface area contributed by atoms with Gasteiger partial charge in [-0.3, -0.25) is 9.98 Å². The molecule has 0 heterocycles. The smallest absolute Gasteiger partial charge is 0.548 e. The van der Waals surface area contributed by atoms with Gasteiger partial charge in [0.05, 0.1) is 24.0 Å². The Hall–Kier alpha value is -2.06. The first kappa shape index (κ1) is 30.0. The van der Waals surface area contributed by atoms with Gasteiger partial charge in [-0.15, -0.1) is 0 Å². The third-order valence-electron chi connectivity index (χ3n) is 4.83. The van der Waals surface area contributed by atoms with Crippen molar-refractivity contribution in [2.24, 2.45) is 9.98 Å². The number of aliphatic imine (C=N–C) groups is 2. The summed E-state index contributed by atoms with van der Waals surface area (Å²) in [6.45, 7) is 0. The van der Waals surface area contributed by atoms with Crippen molar-refractivity contribution >= 4 is 24.4 Å². The van der Waals surface area contributed by atoms with E-state index in [0.717, 1.165) is 11.1 Å². The van der Waals surface area contributed by atoms with Gasteiger partial charge in [0, 0.05) is 25.3 Å². The van der Waals surface area contributed by atoms with Gasteiger partial charge in [0.2, 0.25) is 0 Å². The van der Waals surface area contributed by atoms with E-state index in [9.17, 15) is 19.8 Å². The molecule has 3 rings (SSSR count). The van der Waals surface area contributed by atoms with Crippen molar-refractivity contribution in [1.82, 2.24) is 0 Å². The third-order valence-corrected chi connectivity index (χ3v) is 4.83. The van der Waals surface area contributed by atoms with Crippen LogP contribution in [0.3, 0.4) is 0 Å². The number of rotatable bonds is 10. The van der Waals surface area contributed by atoms with E-state index in [2.05, 4.69) is 9.98 Å². The average Bonchev–Trinajstić information content (AvgIpc) is 2.81. The van der Waals surface area contributed by atoms with Crippen LogP contribution in [0.5, 0.6) is 0 Å². The van der Waals surface area contributed by atoms with Gasteiger partial charge in [0.15, 0.2) is 0 Å². The van der Waals surface area contributed by atoms with Crippen molar-refractivity contribution in [3.8, 4) is 0 Å². The standard InChI is InChI=1S/C26H24N2O4.2Na/c29-25(30)23(15-19-7-3-1-4-8-19)27-17-21-11-13-22(14-12-21)18-28-24(26(31)32)16-20-9-5-2-6-10-20;;/h1-14,17-18,23-24H,15-16H2,(H,29,30)(H,31,32);;/q;2*+1/p-2/t23-,24-;;/m1../s1. The summed E-state index contributed by atoms with van der Waals surface area (Å²) in [4.78, 5) is 31.1. The third kappa shape index (κ3) is 10.1. The van der Waals surface area contributed by atoms with E-state index in [-0.39, 0.29) is 72.0 Å².